The first-order valence-corrected chi connectivity index (χ1v) is 15.1. The van der Waals surface area contributed by atoms with Crippen LogP contribution in [0.2, 0.25) is 0 Å². The van der Waals surface area contributed by atoms with E-state index in [1.807, 2.05) is 13.0 Å². The van der Waals surface area contributed by atoms with E-state index < -0.39 is 11.9 Å². The predicted octanol–water partition coefficient (Wildman–Crippen LogP) is 8.49. The lowest BCUT2D eigenvalue weighted by Crippen LogP contribution is -2.05. The number of nitrogens with one attached hydrogen (secondary N) is 2. The van der Waals surface area contributed by atoms with Crippen molar-refractivity contribution in [3.63, 3.8) is 0 Å². The quantitative estimate of drug-likeness (QED) is 0.0363. The van der Waals surface area contributed by atoms with Gasteiger partial charge in [0.05, 0.1) is 33.9 Å². The van der Waals surface area contributed by atoms with Crippen LogP contribution in [0.4, 0.5) is 46.0 Å². The van der Waals surface area contributed by atoms with Gasteiger partial charge in [0, 0.05) is 11.4 Å². The molecule has 1 aromatic heterocycles. The van der Waals surface area contributed by atoms with Crippen molar-refractivity contribution in [3.8, 4) is 0 Å². The number of hydrogen-bond donors (Lipinski definition) is 6. The molecule has 0 saturated carbocycles. The summed E-state index contributed by atoms with van der Waals surface area (Å²) in [4.78, 5) is 44.5. The van der Waals surface area contributed by atoms with Gasteiger partial charge in [0.2, 0.25) is 11.9 Å². The summed E-state index contributed by atoms with van der Waals surface area (Å²) >= 11 is 0. The van der Waals surface area contributed by atoms with Gasteiger partial charge < -0.3 is 20.8 Å². The second-order valence-corrected chi connectivity index (χ2v) is 11.1. The van der Waals surface area contributed by atoms with E-state index in [0.29, 0.717) is 51.3 Å². The molecule has 0 fully saturated rings. The van der Waals surface area contributed by atoms with E-state index in [4.69, 9.17) is 10.5 Å². The number of aromatic carboxylic acids is 2. The number of nitrogens with zero attached hydrogens (tertiary/aromatic N) is 7. The molecule has 0 aliphatic carbocycles. The minimum Gasteiger partial charge on any atom is -0.478 e. The van der Waals surface area contributed by atoms with E-state index in [2.05, 4.69) is 55.8 Å². The molecular formula is C34H31N9O8. The molecule has 17 nitrogen and oxygen atoms in total. The number of anilines is 4. The molecule has 1 heterocycles. The Labute approximate surface area is 289 Å². The fourth-order valence-corrected chi connectivity index (χ4v) is 4.80. The van der Waals surface area contributed by atoms with Crippen molar-refractivity contribution in [3.05, 3.63) is 112 Å². The highest BCUT2D eigenvalue weighted by atomic mass is 17.1. The van der Waals surface area contributed by atoms with Gasteiger partial charge in [0.15, 0.2) is 0 Å². The molecule has 5 aromatic rings. The third-order valence-electron chi connectivity index (χ3n) is 7.11. The molecule has 5 rings (SSSR count). The molecule has 51 heavy (non-hydrogen) atoms. The van der Waals surface area contributed by atoms with Crippen molar-refractivity contribution < 1.29 is 40.1 Å². The predicted molar refractivity (Wildman–Crippen MR) is 183 cm³/mol. The fourth-order valence-electron chi connectivity index (χ4n) is 4.80. The molecule has 0 aliphatic rings. The van der Waals surface area contributed by atoms with Gasteiger partial charge >= 0.3 is 11.9 Å². The van der Waals surface area contributed by atoms with E-state index in [-0.39, 0.29) is 36.0 Å². The molecule has 260 valence electrons. The van der Waals surface area contributed by atoms with Gasteiger partial charge in [-0.2, -0.15) is 35.4 Å². The first kappa shape index (κ1) is 35.8. The van der Waals surface area contributed by atoms with Gasteiger partial charge in [0.25, 0.3) is 0 Å². The smallest absolute Gasteiger partial charge is 0.335 e. The van der Waals surface area contributed by atoms with Crippen LogP contribution in [0, 0.1) is 20.8 Å². The summed E-state index contributed by atoms with van der Waals surface area (Å²) in [6, 6.07) is 19.3. The van der Waals surface area contributed by atoms with Crippen LogP contribution in [-0.4, -0.2) is 47.6 Å². The Kier molecular flexibility index (Phi) is 11.4. The molecule has 4 aromatic carbocycles. The molecule has 0 amide bonds. The van der Waals surface area contributed by atoms with E-state index in [1.165, 1.54) is 12.1 Å². The van der Waals surface area contributed by atoms with Crippen LogP contribution in [-0.2, 0) is 23.0 Å². The maximum atomic E-state index is 11.4. The number of rotatable bonds is 14. The Balaban J connectivity index is 1.27. The van der Waals surface area contributed by atoms with Crippen LogP contribution < -0.4 is 10.6 Å². The van der Waals surface area contributed by atoms with Crippen molar-refractivity contribution in [2.24, 2.45) is 20.5 Å². The van der Waals surface area contributed by atoms with E-state index >= 15 is 0 Å². The van der Waals surface area contributed by atoms with E-state index in [0.717, 1.165) is 17.2 Å². The number of hydrogen-bond acceptors (Lipinski definition) is 15. The van der Waals surface area contributed by atoms with Gasteiger partial charge in [0.1, 0.15) is 19.0 Å². The van der Waals surface area contributed by atoms with Crippen molar-refractivity contribution in [2.75, 3.05) is 10.6 Å². The number of carboxylic acid groups (broad SMARTS) is 2. The number of azo groups is 2. The SMILES string of the molecule is Cc1nc(Nc2ccc(N=Nc3cc(COO)cc(COO)c3)c(C)c2)nc(Nc2ccc(N=Nc3cc(C(=O)O)cc(C(=O)O)c3)c(C)c2)n1. The van der Waals surface area contributed by atoms with Gasteiger partial charge in [-0.25, -0.2) is 19.4 Å². The van der Waals surface area contributed by atoms with Gasteiger partial charge in [-0.15, -0.1) is 0 Å². The normalized spacial score (nSPS) is 11.3. The maximum Gasteiger partial charge on any atom is 0.335 e. The maximum absolute atomic E-state index is 11.4. The zero-order chi connectivity index (χ0) is 36.5. The summed E-state index contributed by atoms with van der Waals surface area (Å²) in [7, 11) is 0. The molecule has 0 bridgehead atoms. The molecule has 0 saturated heterocycles. The second-order valence-electron chi connectivity index (χ2n) is 11.1. The summed E-state index contributed by atoms with van der Waals surface area (Å²) in [6.07, 6.45) is 0. The minimum absolute atomic E-state index is 0.0678. The van der Waals surface area contributed by atoms with Crippen molar-refractivity contribution in [1.29, 1.82) is 0 Å². The molecular weight excluding hydrogens is 662 g/mol. The van der Waals surface area contributed by atoms with Crippen molar-refractivity contribution in [1.82, 2.24) is 15.0 Å². The molecule has 0 atom stereocenters. The third-order valence-corrected chi connectivity index (χ3v) is 7.11. The van der Waals surface area contributed by atoms with E-state index in [1.54, 1.807) is 62.4 Å². The monoisotopic (exact) mass is 693 g/mol. The number of carboxylic acids is 2. The number of aryl methyl sites for hydroxylation is 3. The molecule has 0 spiro atoms. The van der Waals surface area contributed by atoms with Crippen LogP contribution in [0.3, 0.4) is 0 Å². The van der Waals surface area contributed by atoms with Crippen LogP contribution in [0.15, 0.2) is 93.3 Å². The topological polar surface area (TPSA) is 246 Å². The van der Waals surface area contributed by atoms with Crippen LogP contribution >= 0.6 is 0 Å². The summed E-state index contributed by atoms with van der Waals surface area (Å²) in [5, 5.41) is 59.4. The zero-order valence-corrected chi connectivity index (χ0v) is 27.4. The lowest BCUT2D eigenvalue weighted by atomic mass is 10.1. The Morgan fingerprint density at radius 2 is 1.06 bits per heavy atom. The molecule has 17 heteroatoms. The lowest BCUT2D eigenvalue weighted by Gasteiger charge is -2.11. The van der Waals surface area contributed by atoms with Crippen LogP contribution in [0.1, 0.15) is 48.8 Å². The Morgan fingerprint density at radius 1 is 0.608 bits per heavy atom. The molecule has 0 aliphatic heterocycles. The van der Waals surface area contributed by atoms with Crippen LogP contribution in [0.25, 0.3) is 0 Å². The molecule has 6 N–H and O–H groups in total. The van der Waals surface area contributed by atoms with Crippen molar-refractivity contribution >= 4 is 58.0 Å². The first-order valence-electron chi connectivity index (χ1n) is 15.1. The lowest BCUT2D eigenvalue weighted by molar-refractivity contribution is -0.254. The Morgan fingerprint density at radius 3 is 1.47 bits per heavy atom. The average Bonchev–Trinajstić information content (AvgIpc) is 3.07. The Bertz CT molecular complexity index is 2100. The Hall–Kier alpha value is -6.53. The third kappa shape index (κ3) is 9.77. The number of aromatic nitrogens is 3. The zero-order valence-electron chi connectivity index (χ0n) is 27.4. The summed E-state index contributed by atoms with van der Waals surface area (Å²) in [5.74, 6) is -1.51. The number of carbonyl (C=O) groups is 2. The summed E-state index contributed by atoms with van der Waals surface area (Å²) in [6.45, 7) is 5.28. The highest BCUT2D eigenvalue weighted by molar-refractivity contribution is 5.95. The summed E-state index contributed by atoms with van der Waals surface area (Å²) < 4.78 is 0. The second kappa shape index (κ2) is 16.2. The number of benzene rings is 4. The van der Waals surface area contributed by atoms with E-state index in [9.17, 15) is 19.8 Å². The largest absolute Gasteiger partial charge is 0.478 e. The van der Waals surface area contributed by atoms with Crippen LogP contribution in [0.5, 0.6) is 0 Å². The molecule has 0 radical (unpaired) electrons. The highest BCUT2D eigenvalue weighted by Crippen LogP contribution is 2.29. The van der Waals surface area contributed by atoms with Gasteiger partial charge in [-0.3, -0.25) is 10.5 Å². The summed E-state index contributed by atoms with van der Waals surface area (Å²) in [5.41, 5.74) is 5.35. The highest BCUT2D eigenvalue weighted by Gasteiger charge is 2.12. The standard InChI is InChI=1S/C34H31N9O8/c1-18-8-25(4-6-29(18)42-40-27-11-21(16-50-48)10-22(12-27)17-51-49)37-33-35-20(3)36-34(39-33)38-26-5-7-30(19(2)9-26)43-41-28-14-23(31(44)45)13-24(15-28)32(46)47/h4-15,48-49H,16-17H2,1-3H3,(H,44,45)(H,46,47)(H2,35,36,37,38,39). The minimum atomic E-state index is -1.28. The molecule has 0 unspecified atom stereocenters. The first-order chi connectivity index (χ1) is 24.5. The average molecular weight is 694 g/mol. The van der Waals surface area contributed by atoms with Gasteiger partial charge in [-0.05, 0) is 110 Å². The van der Waals surface area contributed by atoms with Crippen molar-refractivity contribution in [2.45, 2.75) is 34.0 Å². The van der Waals surface area contributed by atoms with Gasteiger partial charge in [-0.1, -0.05) is 6.07 Å². The fraction of sp³-hybridized carbons (Fsp3) is 0.147.